The Bertz CT molecular complexity index is 175. The molecular weight excluding hydrogens is 212 g/mol. The third-order valence-electron chi connectivity index (χ3n) is 2.71. The molecule has 0 aliphatic rings. The van der Waals surface area contributed by atoms with Gasteiger partial charge in [-0.05, 0) is 19.8 Å². The summed E-state index contributed by atoms with van der Waals surface area (Å²) >= 11 is 0. The topological polar surface area (TPSA) is 37.3 Å². The molecule has 0 saturated heterocycles. The molecular formula is C15H32O2. The summed E-state index contributed by atoms with van der Waals surface area (Å²) < 4.78 is 0. The first-order chi connectivity index (χ1) is 7.36. The van der Waals surface area contributed by atoms with E-state index in [1.807, 2.05) is 13.8 Å². The minimum absolute atomic E-state index is 0. The predicted molar refractivity (Wildman–Crippen MR) is 77.3 cm³/mol. The zero-order valence-corrected chi connectivity index (χ0v) is 11.5. The van der Waals surface area contributed by atoms with Crippen LogP contribution in [-0.2, 0) is 4.79 Å². The van der Waals surface area contributed by atoms with Crippen LogP contribution in [0.2, 0.25) is 0 Å². The standard InChI is InChI=1S/2C7H14O.CH4/c2*1-4-5-6(2)7(3)8;/h6H,4-5H2,1-3H3;6,8H,3-5H2,1-2H3;1H4/t2*6-;/m01./s1. The zero-order chi connectivity index (χ0) is 13.1. The van der Waals surface area contributed by atoms with Crippen molar-refractivity contribution in [1.29, 1.82) is 0 Å². The summed E-state index contributed by atoms with van der Waals surface area (Å²) in [5.41, 5.74) is 0. The number of carbonyl (C=O) groups excluding carboxylic acids is 1. The third-order valence-corrected chi connectivity index (χ3v) is 2.71. The molecule has 17 heavy (non-hydrogen) atoms. The van der Waals surface area contributed by atoms with Gasteiger partial charge in [0.2, 0.25) is 0 Å². The van der Waals surface area contributed by atoms with E-state index in [0.29, 0.717) is 11.5 Å². The van der Waals surface area contributed by atoms with Crippen LogP contribution in [0, 0.1) is 11.8 Å². The zero-order valence-electron chi connectivity index (χ0n) is 11.5. The lowest BCUT2D eigenvalue weighted by Crippen LogP contribution is -2.04. The van der Waals surface area contributed by atoms with E-state index in [9.17, 15) is 4.79 Å². The number of ketones is 1. The van der Waals surface area contributed by atoms with Crippen LogP contribution in [0.4, 0.5) is 0 Å². The van der Waals surface area contributed by atoms with E-state index in [1.54, 1.807) is 6.92 Å². The maximum absolute atomic E-state index is 10.5. The number of Topliss-reactive ketones (excluding diaryl/α,β-unsaturated/α-hetero) is 1. The van der Waals surface area contributed by atoms with E-state index in [4.69, 9.17) is 5.11 Å². The van der Waals surface area contributed by atoms with Gasteiger partial charge in [-0.25, -0.2) is 0 Å². The summed E-state index contributed by atoms with van der Waals surface area (Å²) in [6.07, 6.45) is 4.30. The van der Waals surface area contributed by atoms with E-state index in [1.165, 1.54) is 0 Å². The summed E-state index contributed by atoms with van der Waals surface area (Å²) in [5, 5.41) is 8.76. The first-order valence-electron chi connectivity index (χ1n) is 6.24. The molecule has 0 saturated carbocycles. The second kappa shape index (κ2) is 13.3. The second-order valence-corrected chi connectivity index (χ2v) is 4.48. The molecule has 2 atom stereocenters. The van der Waals surface area contributed by atoms with Crippen LogP contribution in [0.5, 0.6) is 0 Å². The van der Waals surface area contributed by atoms with E-state index < -0.39 is 0 Å². The predicted octanol–water partition coefficient (Wildman–Crippen LogP) is 5.14. The molecule has 0 aromatic rings. The van der Waals surface area contributed by atoms with Gasteiger partial charge in [-0.15, -0.1) is 0 Å². The highest BCUT2D eigenvalue weighted by molar-refractivity contribution is 5.77. The van der Waals surface area contributed by atoms with Gasteiger partial charge in [0.1, 0.15) is 5.78 Å². The van der Waals surface area contributed by atoms with Crippen molar-refractivity contribution in [3.8, 4) is 0 Å². The quantitative estimate of drug-likeness (QED) is 0.657. The molecule has 0 amide bonds. The monoisotopic (exact) mass is 244 g/mol. The Labute approximate surface area is 108 Å². The van der Waals surface area contributed by atoms with Gasteiger partial charge in [0.05, 0.1) is 5.76 Å². The van der Waals surface area contributed by atoms with Gasteiger partial charge in [0, 0.05) is 11.8 Å². The first-order valence-corrected chi connectivity index (χ1v) is 6.24. The Hall–Kier alpha value is -0.790. The number of allylic oxidation sites excluding steroid dienone is 1. The van der Waals surface area contributed by atoms with Crippen molar-refractivity contribution in [2.24, 2.45) is 11.8 Å². The summed E-state index contributed by atoms with van der Waals surface area (Å²) in [6.45, 7) is 13.2. The van der Waals surface area contributed by atoms with Crippen molar-refractivity contribution in [1.82, 2.24) is 0 Å². The largest absolute Gasteiger partial charge is 0.513 e. The molecule has 0 aliphatic heterocycles. The highest BCUT2D eigenvalue weighted by Crippen LogP contribution is 2.10. The van der Waals surface area contributed by atoms with Crippen molar-refractivity contribution < 1.29 is 9.90 Å². The number of aliphatic hydroxyl groups excluding tert-OH is 1. The number of hydrogen-bond donors (Lipinski definition) is 1. The lowest BCUT2D eigenvalue weighted by molar-refractivity contribution is -0.120. The molecule has 0 rings (SSSR count). The van der Waals surface area contributed by atoms with Crippen LogP contribution >= 0.6 is 0 Å². The van der Waals surface area contributed by atoms with E-state index in [2.05, 4.69) is 20.4 Å². The van der Waals surface area contributed by atoms with Gasteiger partial charge < -0.3 is 5.11 Å². The minimum atomic E-state index is 0. The molecule has 104 valence electrons. The maximum Gasteiger partial charge on any atom is 0.132 e. The number of hydrogen-bond acceptors (Lipinski definition) is 2. The van der Waals surface area contributed by atoms with Crippen molar-refractivity contribution in [2.75, 3.05) is 0 Å². The summed E-state index contributed by atoms with van der Waals surface area (Å²) in [5.74, 6) is 1.18. The van der Waals surface area contributed by atoms with Crippen molar-refractivity contribution in [3.63, 3.8) is 0 Å². The van der Waals surface area contributed by atoms with Crippen LogP contribution in [-0.4, -0.2) is 10.9 Å². The maximum atomic E-state index is 10.5. The van der Waals surface area contributed by atoms with Crippen molar-refractivity contribution in [2.45, 2.75) is 67.7 Å². The molecule has 0 aromatic carbocycles. The number of aliphatic hydroxyl groups is 1. The second-order valence-electron chi connectivity index (χ2n) is 4.48. The molecule has 0 aliphatic carbocycles. The Kier molecular flexibility index (Phi) is 16.8. The summed E-state index contributed by atoms with van der Waals surface area (Å²) in [4.78, 5) is 10.5. The lowest BCUT2D eigenvalue weighted by atomic mass is 10.0. The highest BCUT2D eigenvalue weighted by atomic mass is 16.3. The molecule has 0 unspecified atom stereocenters. The Balaban J connectivity index is -0.000000218. The first kappa shape index (κ1) is 21.5. The smallest absolute Gasteiger partial charge is 0.132 e. The van der Waals surface area contributed by atoms with Gasteiger partial charge >= 0.3 is 0 Å². The molecule has 0 heterocycles. The van der Waals surface area contributed by atoms with Gasteiger partial charge in [-0.1, -0.05) is 54.5 Å². The normalized spacial score (nSPS) is 12.5. The average molecular weight is 244 g/mol. The Morgan fingerprint density at radius 2 is 1.47 bits per heavy atom. The van der Waals surface area contributed by atoms with Gasteiger partial charge in [0.15, 0.2) is 0 Å². The Morgan fingerprint density at radius 1 is 1.12 bits per heavy atom. The molecule has 0 fully saturated rings. The van der Waals surface area contributed by atoms with Crippen LogP contribution in [0.25, 0.3) is 0 Å². The van der Waals surface area contributed by atoms with Crippen LogP contribution < -0.4 is 0 Å². The lowest BCUT2D eigenvalue weighted by Gasteiger charge is -2.05. The van der Waals surface area contributed by atoms with Crippen molar-refractivity contribution in [3.05, 3.63) is 12.3 Å². The molecule has 0 radical (unpaired) electrons. The van der Waals surface area contributed by atoms with Crippen molar-refractivity contribution >= 4 is 5.78 Å². The van der Waals surface area contributed by atoms with Crippen LogP contribution in [0.1, 0.15) is 67.7 Å². The minimum Gasteiger partial charge on any atom is -0.513 e. The summed E-state index contributed by atoms with van der Waals surface area (Å²) in [6, 6.07) is 0. The molecule has 0 bridgehead atoms. The van der Waals surface area contributed by atoms with E-state index in [0.717, 1.165) is 25.7 Å². The fourth-order valence-electron chi connectivity index (χ4n) is 1.24. The fourth-order valence-corrected chi connectivity index (χ4v) is 1.24. The molecule has 0 aromatic heterocycles. The summed E-state index contributed by atoms with van der Waals surface area (Å²) in [7, 11) is 0. The van der Waals surface area contributed by atoms with E-state index in [-0.39, 0.29) is 19.3 Å². The molecule has 0 spiro atoms. The average Bonchev–Trinajstić information content (AvgIpc) is 2.19. The third kappa shape index (κ3) is 15.2. The van der Waals surface area contributed by atoms with Crippen LogP contribution in [0.15, 0.2) is 12.3 Å². The number of carbonyl (C=O) groups is 1. The number of rotatable bonds is 6. The molecule has 2 nitrogen and oxygen atoms in total. The highest BCUT2D eigenvalue weighted by Gasteiger charge is 2.03. The van der Waals surface area contributed by atoms with Gasteiger partial charge in [0.25, 0.3) is 0 Å². The molecule has 1 N–H and O–H groups in total. The van der Waals surface area contributed by atoms with Crippen LogP contribution in [0.3, 0.4) is 0 Å². The van der Waals surface area contributed by atoms with Gasteiger partial charge in [-0.3, -0.25) is 4.79 Å². The Morgan fingerprint density at radius 3 is 1.59 bits per heavy atom. The van der Waals surface area contributed by atoms with Gasteiger partial charge in [-0.2, -0.15) is 0 Å². The molecule has 2 heteroatoms. The SMILES string of the molecule is C.C=C(O)[C@H](C)CCC.CCC[C@H](C)C(C)=O. The van der Waals surface area contributed by atoms with E-state index >= 15 is 0 Å². The fraction of sp³-hybridized carbons (Fsp3) is 0.800.